The summed E-state index contributed by atoms with van der Waals surface area (Å²) in [5, 5.41) is 0. The molecule has 8 aromatic rings. The molecule has 2 heterocycles. The molecule has 1 aliphatic rings. The van der Waals surface area contributed by atoms with Gasteiger partial charge in [-0.05, 0) is 157 Å². The summed E-state index contributed by atoms with van der Waals surface area (Å²) in [6, 6.07) is 50.6. The van der Waals surface area contributed by atoms with E-state index in [-0.39, 0.29) is 5.41 Å². The van der Waals surface area contributed by atoms with E-state index in [1.165, 1.54) is 137 Å². The number of fused-ring (bicyclic) bond motifs is 3. The zero-order chi connectivity index (χ0) is 53.7. The fraction of sp³-hybridized carbons (Fsp3) is 0.323. The number of ether oxygens (including phenoxy) is 2. The lowest BCUT2D eigenvalue weighted by Crippen LogP contribution is -2.29. The Morgan fingerprint density at radius 1 is 0.468 bits per heavy atom. The highest BCUT2D eigenvalue weighted by Gasteiger charge is 2.42. The number of hydrogen-bond donors (Lipinski definition) is 2. The Morgan fingerprint density at radius 2 is 0.896 bits per heavy atom. The number of hydrogen-bond acceptors (Lipinski definition) is 8. The second-order valence-corrected chi connectivity index (χ2v) is 20.5. The largest absolute Gasteiger partial charge is 0.494 e. The summed E-state index contributed by atoms with van der Waals surface area (Å²) in [7, 11) is 2.04. The van der Waals surface area contributed by atoms with E-state index >= 15 is 0 Å². The van der Waals surface area contributed by atoms with Gasteiger partial charge in [0, 0.05) is 78.5 Å². The third-order valence-electron chi connectivity index (χ3n) is 15.1. The van der Waals surface area contributed by atoms with Crippen LogP contribution < -0.4 is 41.8 Å². The van der Waals surface area contributed by atoms with E-state index in [4.69, 9.17) is 9.47 Å². The molecule has 2 aromatic heterocycles. The maximum absolute atomic E-state index is 12.2. The third kappa shape index (κ3) is 12.8. The van der Waals surface area contributed by atoms with Crippen LogP contribution in [0.4, 0.5) is 28.4 Å². The van der Waals surface area contributed by atoms with Gasteiger partial charge in [0.15, 0.2) is 0 Å². The second kappa shape index (κ2) is 25.1. The molecular formula is C65H72N6O6. The molecule has 9 rings (SSSR count). The van der Waals surface area contributed by atoms with Crippen LogP contribution in [0.3, 0.4) is 0 Å². The molecule has 0 atom stereocenters. The number of nitrogens with zero attached hydrogens (tertiary/aromatic N) is 4. The number of nitrogens with one attached hydrogen (secondary N) is 2. The van der Waals surface area contributed by atoms with Crippen LogP contribution in [0.1, 0.15) is 108 Å². The van der Waals surface area contributed by atoms with Crippen LogP contribution in [-0.2, 0) is 18.5 Å². The second-order valence-electron chi connectivity index (χ2n) is 20.5. The van der Waals surface area contributed by atoms with Crippen molar-refractivity contribution in [2.75, 3.05) is 30.1 Å². The molecule has 0 fully saturated rings. The Bertz CT molecular complexity index is 3460. The van der Waals surface area contributed by atoms with E-state index in [9.17, 15) is 19.2 Å². The van der Waals surface area contributed by atoms with Crippen molar-refractivity contribution in [3.8, 4) is 33.8 Å². The maximum Gasteiger partial charge on any atom is 0.328 e. The summed E-state index contributed by atoms with van der Waals surface area (Å²) in [6.45, 7) is 8.52. The molecule has 0 aliphatic heterocycles. The summed E-state index contributed by atoms with van der Waals surface area (Å²) < 4.78 is 15.1. The molecule has 12 heteroatoms. The average Bonchev–Trinajstić information content (AvgIpc) is 3.71. The van der Waals surface area contributed by atoms with Crippen LogP contribution in [0, 0.1) is 6.92 Å². The van der Waals surface area contributed by atoms with Crippen molar-refractivity contribution in [1.82, 2.24) is 19.1 Å². The molecule has 0 amide bonds. The molecule has 0 bridgehead atoms. The van der Waals surface area contributed by atoms with Gasteiger partial charge in [-0.15, -0.1) is 0 Å². The summed E-state index contributed by atoms with van der Waals surface area (Å²) in [6.07, 6.45) is 16.5. The molecule has 398 valence electrons. The molecule has 0 radical (unpaired) electrons. The van der Waals surface area contributed by atoms with E-state index in [1.54, 1.807) is 0 Å². The van der Waals surface area contributed by atoms with Gasteiger partial charge in [0.1, 0.15) is 11.5 Å². The van der Waals surface area contributed by atoms with Gasteiger partial charge in [0.2, 0.25) is 0 Å². The number of anilines is 5. The average molecular weight is 1030 g/mol. The van der Waals surface area contributed by atoms with Gasteiger partial charge in [-0.1, -0.05) is 113 Å². The topological polar surface area (TPSA) is 135 Å². The van der Waals surface area contributed by atoms with Crippen molar-refractivity contribution in [3.63, 3.8) is 0 Å². The molecule has 2 N–H and O–H groups in total. The van der Waals surface area contributed by atoms with Gasteiger partial charge in [0.25, 0.3) is 11.1 Å². The first-order valence-corrected chi connectivity index (χ1v) is 27.6. The van der Waals surface area contributed by atoms with E-state index in [0.717, 1.165) is 39.9 Å². The fourth-order valence-electron chi connectivity index (χ4n) is 10.9. The van der Waals surface area contributed by atoms with Crippen LogP contribution in [0.15, 0.2) is 177 Å². The fourth-order valence-corrected chi connectivity index (χ4v) is 10.9. The lowest BCUT2D eigenvalue weighted by Gasteiger charge is -2.33. The molecule has 0 spiro atoms. The normalized spacial score (nSPS) is 12.3. The van der Waals surface area contributed by atoms with Crippen LogP contribution in [0.5, 0.6) is 11.5 Å². The minimum Gasteiger partial charge on any atom is -0.494 e. The van der Waals surface area contributed by atoms with Crippen LogP contribution >= 0.6 is 0 Å². The first kappa shape index (κ1) is 53.7. The van der Waals surface area contributed by atoms with Crippen molar-refractivity contribution in [2.24, 2.45) is 0 Å². The Kier molecular flexibility index (Phi) is 17.5. The van der Waals surface area contributed by atoms with Gasteiger partial charge in [0.05, 0.1) is 13.2 Å². The Morgan fingerprint density at radius 3 is 1.39 bits per heavy atom. The molecule has 6 aromatic carbocycles. The lowest BCUT2D eigenvalue weighted by molar-refractivity contribution is 0.300. The number of rotatable bonds is 26. The van der Waals surface area contributed by atoms with Gasteiger partial charge in [-0.3, -0.25) is 19.6 Å². The third-order valence-corrected chi connectivity index (χ3v) is 15.1. The Labute approximate surface area is 451 Å². The summed E-state index contributed by atoms with van der Waals surface area (Å²) >= 11 is 0. The number of unbranched alkanes of at least 4 members (excludes halogenated alkanes) is 6. The van der Waals surface area contributed by atoms with Gasteiger partial charge >= 0.3 is 11.4 Å². The van der Waals surface area contributed by atoms with Crippen molar-refractivity contribution in [1.29, 1.82) is 0 Å². The molecule has 1 aliphatic carbocycles. The number of aromatic nitrogens is 4. The molecule has 0 saturated carbocycles. The van der Waals surface area contributed by atoms with Crippen molar-refractivity contribution < 1.29 is 9.47 Å². The predicted octanol–water partition coefficient (Wildman–Crippen LogP) is 13.7. The minimum absolute atomic E-state index is 0.000847. The number of aromatic amines is 2. The number of aryl methyl sites for hydroxylation is 3. The first-order chi connectivity index (χ1) is 37.5. The SMILES string of the molecule is CCCCCCC1(CCCCCC)c2cc(C)ccc2-c2ccc(-c3ccc(N(c4ccc(OCCCn5ccc(=O)[nH]c5=O)cc4)c4ccc(N(C)c5ccc(OCCCn6ccc(=O)[nH]c6=O)cc5)cc4)cc3)cc21. The molecule has 12 nitrogen and oxygen atoms in total. The highest BCUT2D eigenvalue weighted by molar-refractivity contribution is 5.85. The Hall–Kier alpha value is -8.12. The van der Waals surface area contributed by atoms with Gasteiger partial charge < -0.3 is 28.4 Å². The van der Waals surface area contributed by atoms with Crippen molar-refractivity contribution >= 4 is 28.4 Å². The molecule has 77 heavy (non-hydrogen) atoms. The minimum atomic E-state index is -0.429. The molecular weight excluding hydrogens is 961 g/mol. The lowest BCUT2D eigenvalue weighted by atomic mass is 9.70. The van der Waals surface area contributed by atoms with Crippen LogP contribution in [0.2, 0.25) is 0 Å². The Balaban J connectivity index is 0.959. The van der Waals surface area contributed by atoms with Crippen LogP contribution in [0.25, 0.3) is 22.3 Å². The quantitative estimate of drug-likeness (QED) is 0.0512. The summed E-state index contributed by atoms with van der Waals surface area (Å²) in [4.78, 5) is 56.1. The highest BCUT2D eigenvalue weighted by atomic mass is 16.5. The highest BCUT2D eigenvalue weighted by Crippen LogP contribution is 2.55. The van der Waals surface area contributed by atoms with E-state index in [2.05, 4.69) is 138 Å². The first-order valence-electron chi connectivity index (χ1n) is 27.6. The van der Waals surface area contributed by atoms with E-state index in [1.807, 2.05) is 43.4 Å². The van der Waals surface area contributed by atoms with Crippen molar-refractivity contribution in [3.05, 3.63) is 216 Å². The monoisotopic (exact) mass is 1030 g/mol. The summed E-state index contributed by atoms with van der Waals surface area (Å²) in [5.74, 6) is 1.45. The maximum atomic E-state index is 12.2. The van der Waals surface area contributed by atoms with E-state index in [0.29, 0.717) is 39.1 Å². The number of benzene rings is 6. The molecule has 0 saturated heterocycles. The van der Waals surface area contributed by atoms with Gasteiger partial charge in [-0.2, -0.15) is 0 Å². The number of H-pyrrole nitrogens is 2. The van der Waals surface area contributed by atoms with Crippen LogP contribution in [-0.4, -0.2) is 39.4 Å². The zero-order valence-corrected chi connectivity index (χ0v) is 45.1. The standard InChI is InChI=1S/C65H72N6O6/c1-5-7-9-11-37-65(38-12-10-8-6-2)59-45-47(3)15-33-57(59)58-34-18-49(46-60(58)65)48-16-19-52(20-17-48)71(54-27-31-56(32-28-54)77-44-14-40-70-42-36-62(73)67-64(70)75)53-23-21-50(22-24-53)68(4)51-25-29-55(30-26-51)76-43-13-39-69-41-35-61(72)66-63(69)74/h15-36,41-42,45-46H,5-14,37-40,43-44H2,1-4H3,(H,66,72,74)(H,67,73,75). The van der Waals surface area contributed by atoms with Crippen molar-refractivity contribution in [2.45, 2.75) is 116 Å². The van der Waals surface area contributed by atoms with E-state index < -0.39 is 22.5 Å². The zero-order valence-electron chi connectivity index (χ0n) is 45.1. The smallest absolute Gasteiger partial charge is 0.328 e. The summed E-state index contributed by atoms with van der Waals surface area (Å²) in [5.41, 5.74) is 12.9. The molecule has 0 unspecified atom stereocenters. The predicted molar refractivity (Wildman–Crippen MR) is 312 cm³/mol. The van der Waals surface area contributed by atoms with Gasteiger partial charge in [-0.25, -0.2) is 9.59 Å².